The predicted molar refractivity (Wildman–Crippen MR) is 55.3 cm³/mol. The lowest BCUT2D eigenvalue weighted by Gasteiger charge is -2.08. The molecule has 2 aliphatic carbocycles. The summed E-state index contributed by atoms with van der Waals surface area (Å²) in [7, 11) is 0. The zero-order chi connectivity index (χ0) is 8.39. The first-order valence-electron chi connectivity index (χ1n) is 4.59. The van der Waals surface area contributed by atoms with Gasteiger partial charge in [-0.15, -0.1) is 8.87 Å². The highest BCUT2D eigenvalue weighted by Crippen LogP contribution is 2.23. The van der Waals surface area contributed by atoms with Gasteiger partial charge in [0, 0.05) is 0 Å². The topological polar surface area (TPSA) is 0 Å². The molecular weight excluding hydrogens is 159 g/mol. The van der Waals surface area contributed by atoms with E-state index in [-0.39, 0.29) is 0 Å². The maximum Gasteiger partial charge on any atom is 0.332 e. The highest BCUT2D eigenvalue weighted by Gasteiger charge is 2.21. The minimum atomic E-state index is -0.710. The molecule has 2 rings (SSSR count). The van der Waals surface area contributed by atoms with Crippen molar-refractivity contribution in [3.8, 4) is 0 Å². The van der Waals surface area contributed by atoms with Crippen molar-refractivity contribution < 1.29 is 0 Å². The molecule has 0 nitrogen and oxygen atoms in total. The van der Waals surface area contributed by atoms with Crippen LogP contribution in [0.4, 0.5) is 0 Å². The summed E-state index contributed by atoms with van der Waals surface area (Å²) in [5, 5.41) is 0. The van der Waals surface area contributed by atoms with E-state index in [1.54, 1.807) is 8.87 Å². The van der Waals surface area contributed by atoms with Crippen LogP contribution < -0.4 is 0 Å². The van der Waals surface area contributed by atoms with Crippen molar-refractivity contribution in [2.45, 2.75) is 18.6 Å². The molecule has 0 unspecified atom stereocenters. The van der Waals surface area contributed by atoms with E-state index >= 15 is 0 Å². The van der Waals surface area contributed by atoms with Gasteiger partial charge in [0.1, 0.15) is 0 Å². The molecule has 0 heterocycles. The number of rotatable bonds is 2. The molecule has 0 aromatic rings. The highest BCUT2D eigenvalue weighted by atomic mass is 27.2. The Bertz CT molecular complexity index is 262. The van der Waals surface area contributed by atoms with Crippen LogP contribution in [0.2, 0.25) is 5.79 Å². The van der Waals surface area contributed by atoms with Gasteiger partial charge < -0.3 is 0 Å². The SMILES string of the molecule is [CH3][Al]([C]1=CC=CC1)[C]1=CC=CC1. The molecule has 0 aromatic carbocycles. The normalized spacial score (nSPS) is 19.8. The van der Waals surface area contributed by atoms with Crippen LogP contribution in [0, 0.1) is 0 Å². The van der Waals surface area contributed by atoms with Gasteiger partial charge in [-0.3, -0.25) is 0 Å². The fraction of sp³-hybridized carbons (Fsp3) is 0.273. The summed E-state index contributed by atoms with van der Waals surface area (Å²) < 4.78 is 3.40. The Morgan fingerprint density at radius 3 is 1.83 bits per heavy atom. The average molecular weight is 172 g/mol. The van der Waals surface area contributed by atoms with Crippen LogP contribution in [0.1, 0.15) is 12.8 Å². The number of hydrogen-bond donors (Lipinski definition) is 0. The molecule has 0 spiro atoms. The Balaban J connectivity index is 2.05. The third-order valence-corrected chi connectivity index (χ3v) is 5.79. The molecule has 12 heavy (non-hydrogen) atoms. The van der Waals surface area contributed by atoms with E-state index in [9.17, 15) is 0 Å². The molecule has 0 radical (unpaired) electrons. The van der Waals surface area contributed by atoms with Gasteiger partial charge in [0.15, 0.2) is 0 Å². The smallest absolute Gasteiger partial charge is 0.122 e. The molecule has 0 atom stereocenters. The van der Waals surface area contributed by atoms with Crippen molar-refractivity contribution in [3.63, 3.8) is 0 Å². The standard InChI is InChI=1S/2C5H5.CH3.Al/c2*1-2-4-5-3-1;;/h2*1-3H,4H2;1H3;. The Kier molecular flexibility index (Phi) is 2.35. The Hall–Kier alpha value is -0.508. The molecule has 0 bridgehead atoms. The van der Waals surface area contributed by atoms with E-state index in [0.29, 0.717) is 0 Å². The Morgan fingerprint density at radius 1 is 1.00 bits per heavy atom. The summed E-state index contributed by atoms with van der Waals surface area (Å²) in [6, 6.07) is 0. The van der Waals surface area contributed by atoms with Crippen LogP contribution in [0.3, 0.4) is 0 Å². The van der Waals surface area contributed by atoms with E-state index in [4.69, 9.17) is 0 Å². The summed E-state index contributed by atoms with van der Waals surface area (Å²) in [4.78, 5) is 0. The summed E-state index contributed by atoms with van der Waals surface area (Å²) in [6.45, 7) is 0. The summed E-state index contributed by atoms with van der Waals surface area (Å²) >= 11 is -0.710. The molecule has 60 valence electrons. The van der Waals surface area contributed by atoms with Gasteiger partial charge >= 0.3 is 14.1 Å². The van der Waals surface area contributed by atoms with Gasteiger partial charge in [-0.05, 0) is 12.8 Å². The third kappa shape index (κ3) is 1.48. The monoisotopic (exact) mass is 172 g/mol. The molecule has 0 aromatic heterocycles. The van der Waals surface area contributed by atoms with E-state index in [2.05, 4.69) is 42.2 Å². The second-order valence-electron chi connectivity index (χ2n) is 3.47. The van der Waals surface area contributed by atoms with Gasteiger partial charge in [-0.1, -0.05) is 42.2 Å². The van der Waals surface area contributed by atoms with Gasteiger partial charge in [-0.2, -0.15) is 0 Å². The summed E-state index contributed by atoms with van der Waals surface area (Å²) in [5.74, 6) is 2.44. The first-order chi connectivity index (χ1) is 5.88. The number of hydrogen-bond acceptors (Lipinski definition) is 0. The number of allylic oxidation sites excluding steroid dienone is 8. The molecule has 1 heteroatoms. The van der Waals surface area contributed by atoms with Crippen molar-refractivity contribution in [1.29, 1.82) is 0 Å². The van der Waals surface area contributed by atoms with E-state index in [1.165, 1.54) is 12.8 Å². The van der Waals surface area contributed by atoms with Crippen LogP contribution in [0.25, 0.3) is 0 Å². The molecule has 0 fully saturated rings. The molecular formula is C11H13Al. The zero-order valence-electron chi connectivity index (χ0n) is 7.46. The van der Waals surface area contributed by atoms with Crippen molar-refractivity contribution in [2.75, 3.05) is 0 Å². The van der Waals surface area contributed by atoms with Gasteiger partial charge in [-0.25, -0.2) is 0 Å². The van der Waals surface area contributed by atoms with Crippen LogP contribution in [0.5, 0.6) is 0 Å². The van der Waals surface area contributed by atoms with E-state index in [1.807, 2.05) is 0 Å². The first-order valence-corrected chi connectivity index (χ1v) is 6.90. The maximum absolute atomic E-state index is 2.44. The van der Waals surface area contributed by atoms with Crippen molar-refractivity contribution in [1.82, 2.24) is 0 Å². The molecule has 0 saturated heterocycles. The fourth-order valence-corrected chi connectivity index (χ4v) is 4.06. The highest BCUT2D eigenvalue weighted by molar-refractivity contribution is 6.73. The Labute approximate surface area is 78.4 Å². The van der Waals surface area contributed by atoms with Crippen molar-refractivity contribution in [3.05, 3.63) is 45.3 Å². The zero-order valence-corrected chi connectivity index (χ0v) is 8.61. The minimum Gasteiger partial charge on any atom is -0.122 e. The lowest BCUT2D eigenvalue weighted by atomic mass is 10.5. The van der Waals surface area contributed by atoms with Crippen LogP contribution in [-0.2, 0) is 0 Å². The van der Waals surface area contributed by atoms with Gasteiger partial charge in [0.2, 0.25) is 0 Å². The minimum absolute atomic E-state index is 0.710. The summed E-state index contributed by atoms with van der Waals surface area (Å²) in [5.41, 5.74) is 0. The van der Waals surface area contributed by atoms with Crippen LogP contribution in [0.15, 0.2) is 45.3 Å². The second kappa shape index (κ2) is 3.48. The van der Waals surface area contributed by atoms with Gasteiger partial charge in [0.25, 0.3) is 0 Å². The van der Waals surface area contributed by atoms with Crippen LogP contribution in [-0.4, -0.2) is 14.1 Å². The van der Waals surface area contributed by atoms with Crippen LogP contribution >= 0.6 is 0 Å². The molecule has 0 N–H and O–H groups in total. The molecule has 2 aliphatic rings. The molecule has 0 amide bonds. The predicted octanol–water partition coefficient (Wildman–Crippen LogP) is 2.96. The maximum atomic E-state index is 2.44. The second-order valence-corrected chi connectivity index (χ2v) is 6.40. The quantitative estimate of drug-likeness (QED) is 0.562. The summed E-state index contributed by atoms with van der Waals surface area (Å²) in [6.07, 6.45) is 16.0. The molecule has 0 aliphatic heterocycles. The molecule has 0 saturated carbocycles. The first kappa shape index (κ1) is 8.11. The van der Waals surface area contributed by atoms with Crippen molar-refractivity contribution in [2.24, 2.45) is 0 Å². The Morgan fingerprint density at radius 2 is 1.50 bits per heavy atom. The van der Waals surface area contributed by atoms with Crippen molar-refractivity contribution >= 4 is 14.1 Å². The van der Waals surface area contributed by atoms with E-state index in [0.717, 1.165) is 0 Å². The largest absolute Gasteiger partial charge is 0.332 e. The lowest BCUT2D eigenvalue weighted by molar-refractivity contribution is 1.33. The lowest BCUT2D eigenvalue weighted by Crippen LogP contribution is -2.13. The van der Waals surface area contributed by atoms with Gasteiger partial charge in [0.05, 0.1) is 0 Å². The average Bonchev–Trinajstić information content (AvgIpc) is 2.77. The fourth-order valence-electron chi connectivity index (χ4n) is 1.81. The third-order valence-electron chi connectivity index (χ3n) is 2.71. The van der Waals surface area contributed by atoms with E-state index < -0.39 is 14.1 Å².